The Labute approximate surface area is 122 Å². The number of pyridine rings is 1. The summed E-state index contributed by atoms with van der Waals surface area (Å²) in [4.78, 5) is 6.68. The topological polar surface area (TPSA) is 41.3 Å². The van der Waals surface area contributed by atoms with Crippen LogP contribution in [0, 0.1) is 0 Å². The molecule has 0 aliphatic rings. The average Bonchev–Trinajstić information content (AvgIpc) is 2.85. The highest BCUT2D eigenvalue weighted by Gasteiger charge is 2.05. The predicted octanol–water partition coefficient (Wildman–Crippen LogP) is 3.90. The molecule has 0 aromatic carbocycles. The number of anilines is 2. The molecule has 0 aliphatic carbocycles. The van der Waals surface area contributed by atoms with Crippen LogP contribution in [0.25, 0.3) is 0 Å². The molecule has 0 saturated carbocycles. The van der Waals surface area contributed by atoms with Crippen LogP contribution in [0.4, 0.5) is 11.5 Å². The summed E-state index contributed by atoms with van der Waals surface area (Å²) in [5, 5.41) is 3.29. The van der Waals surface area contributed by atoms with Gasteiger partial charge in [0.05, 0.1) is 29.2 Å². The maximum Gasteiger partial charge on any atom is 0.136 e. The summed E-state index contributed by atoms with van der Waals surface area (Å²) in [7, 11) is 0. The zero-order valence-electron chi connectivity index (χ0n) is 11.2. The first-order valence-electron chi connectivity index (χ1n) is 6.41. The van der Waals surface area contributed by atoms with Gasteiger partial charge in [0, 0.05) is 13.1 Å². The first kappa shape index (κ1) is 13.9. The molecule has 0 fully saturated rings. The highest BCUT2D eigenvalue weighted by atomic mass is 79.9. The van der Waals surface area contributed by atoms with E-state index in [0.717, 1.165) is 34.8 Å². The molecule has 0 unspecified atom stereocenters. The third kappa shape index (κ3) is 3.50. The Kier molecular flexibility index (Phi) is 4.85. The van der Waals surface area contributed by atoms with E-state index in [2.05, 4.69) is 45.0 Å². The minimum Gasteiger partial charge on any atom is -0.466 e. The van der Waals surface area contributed by atoms with Crippen LogP contribution in [0.15, 0.2) is 39.5 Å². The van der Waals surface area contributed by atoms with E-state index in [-0.39, 0.29) is 0 Å². The van der Waals surface area contributed by atoms with E-state index < -0.39 is 0 Å². The monoisotopic (exact) mass is 323 g/mol. The molecule has 19 heavy (non-hydrogen) atoms. The van der Waals surface area contributed by atoms with Gasteiger partial charge >= 0.3 is 0 Å². The molecular formula is C14H18BrN3O. The Bertz CT molecular complexity index is 506. The van der Waals surface area contributed by atoms with Gasteiger partial charge in [0.15, 0.2) is 0 Å². The molecule has 2 rings (SSSR count). The van der Waals surface area contributed by atoms with Crippen LogP contribution in [0.3, 0.4) is 0 Å². The highest BCUT2D eigenvalue weighted by molar-refractivity contribution is 9.10. The van der Waals surface area contributed by atoms with E-state index in [1.807, 2.05) is 24.4 Å². The van der Waals surface area contributed by atoms with Gasteiger partial charge in [0.25, 0.3) is 0 Å². The predicted molar refractivity (Wildman–Crippen MR) is 81.5 cm³/mol. The van der Waals surface area contributed by atoms with E-state index >= 15 is 0 Å². The fourth-order valence-electron chi connectivity index (χ4n) is 1.86. The van der Waals surface area contributed by atoms with E-state index in [4.69, 9.17) is 4.42 Å². The summed E-state index contributed by atoms with van der Waals surface area (Å²) < 4.78 is 6.32. The van der Waals surface area contributed by atoms with Crippen LogP contribution in [0.2, 0.25) is 0 Å². The van der Waals surface area contributed by atoms with Gasteiger partial charge in [-0.15, -0.1) is 0 Å². The summed E-state index contributed by atoms with van der Waals surface area (Å²) >= 11 is 3.43. The van der Waals surface area contributed by atoms with Crippen LogP contribution in [0.5, 0.6) is 0 Å². The molecule has 4 nitrogen and oxygen atoms in total. The van der Waals surface area contributed by atoms with E-state index in [0.29, 0.717) is 6.54 Å². The SMILES string of the molecule is CCN(CC)c1ccc(NCc2occc2Br)cn1. The number of aromatic nitrogens is 1. The first-order chi connectivity index (χ1) is 9.24. The van der Waals surface area contributed by atoms with Crippen LogP contribution in [-0.2, 0) is 6.54 Å². The zero-order chi connectivity index (χ0) is 13.7. The average molecular weight is 324 g/mol. The third-order valence-electron chi connectivity index (χ3n) is 2.98. The minimum absolute atomic E-state index is 0.639. The van der Waals surface area contributed by atoms with Crippen LogP contribution in [-0.4, -0.2) is 18.1 Å². The molecule has 0 amide bonds. The van der Waals surface area contributed by atoms with Crippen LogP contribution < -0.4 is 10.2 Å². The van der Waals surface area contributed by atoms with Crippen molar-refractivity contribution in [3.8, 4) is 0 Å². The molecule has 2 heterocycles. The fourth-order valence-corrected chi connectivity index (χ4v) is 2.20. The maximum atomic E-state index is 5.34. The first-order valence-corrected chi connectivity index (χ1v) is 7.20. The van der Waals surface area contributed by atoms with Gasteiger partial charge in [-0.25, -0.2) is 4.98 Å². The standard InChI is InChI=1S/C14H18BrN3O/c1-3-18(4-2)14-6-5-11(9-17-14)16-10-13-12(15)7-8-19-13/h5-9,16H,3-4,10H2,1-2H3. The number of nitrogens with one attached hydrogen (secondary N) is 1. The Morgan fingerprint density at radius 2 is 2.05 bits per heavy atom. The summed E-state index contributed by atoms with van der Waals surface area (Å²) in [6.45, 7) is 6.84. The molecular weight excluding hydrogens is 306 g/mol. The van der Waals surface area contributed by atoms with Crippen molar-refractivity contribution in [2.45, 2.75) is 20.4 Å². The number of hydrogen-bond donors (Lipinski definition) is 1. The van der Waals surface area contributed by atoms with Crippen molar-refractivity contribution in [1.82, 2.24) is 4.98 Å². The lowest BCUT2D eigenvalue weighted by Gasteiger charge is -2.19. The molecule has 0 saturated heterocycles. The van der Waals surface area contributed by atoms with Crippen molar-refractivity contribution in [2.24, 2.45) is 0 Å². The molecule has 2 aromatic heterocycles. The van der Waals surface area contributed by atoms with Crippen LogP contribution >= 0.6 is 15.9 Å². The van der Waals surface area contributed by atoms with Crippen molar-refractivity contribution in [3.63, 3.8) is 0 Å². The summed E-state index contributed by atoms with van der Waals surface area (Å²) in [6, 6.07) is 5.96. The molecule has 1 N–H and O–H groups in total. The largest absolute Gasteiger partial charge is 0.466 e. The second-order valence-electron chi connectivity index (χ2n) is 4.12. The normalized spacial score (nSPS) is 10.5. The summed E-state index contributed by atoms with van der Waals surface area (Å²) in [5.74, 6) is 1.89. The molecule has 2 aromatic rings. The Hall–Kier alpha value is -1.49. The van der Waals surface area contributed by atoms with Gasteiger partial charge < -0.3 is 14.6 Å². The zero-order valence-corrected chi connectivity index (χ0v) is 12.8. The van der Waals surface area contributed by atoms with Gasteiger partial charge in [-0.05, 0) is 48.0 Å². The van der Waals surface area contributed by atoms with Gasteiger partial charge in [-0.2, -0.15) is 0 Å². The van der Waals surface area contributed by atoms with Gasteiger partial charge in [0.1, 0.15) is 11.6 Å². The van der Waals surface area contributed by atoms with Crippen molar-refractivity contribution in [2.75, 3.05) is 23.3 Å². The third-order valence-corrected chi connectivity index (χ3v) is 3.69. The number of hydrogen-bond acceptors (Lipinski definition) is 4. The van der Waals surface area contributed by atoms with Gasteiger partial charge in [-0.3, -0.25) is 0 Å². The van der Waals surface area contributed by atoms with Crippen molar-refractivity contribution in [1.29, 1.82) is 0 Å². The second-order valence-corrected chi connectivity index (χ2v) is 4.98. The molecule has 102 valence electrons. The number of rotatable bonds is 6. The smallest absolute Gasteiger partial charge is 0.136 e. The summed E-state index contributed by atoms with van der Waals surface area (Å²) in [5.41, 5.74) is 0.985. The highest BCUT2D eigenvalue weighted by Crippen LogP contribution is 2.19. The second kappa shape index (κ2) is 6.61. The van der Waals surface area contributed by atoms with Crippen molar-refractivity contribution in [3.05, 3.63) is 40.9 Å². The van der Waals surface area contributed by atoms with Gasteiger partial charge in [-0.1, -0.05) is 0 Å². The minimum atomic E-state index is 0.639. The summed E-state index contributed by atoms with van der Waals surface area (Å²) in [6.07, 6.45) is 3.52. The van der Waals surface area contributed by atoms with E-state index in [9.17, 15) is 0 Å². The number of nitrogens with zero attached hydrogens (tertiary/aromatic N) is 2. The number of halogens is 1. The van der Waals surface area contributed by atoms with Crippen LogP contribution in [0.1, 0.15) is 19.6 Å². The molecule has 5 heteroatoms. The van der Waals surface area contributed by atoms with Crippen molar-refractivity contribution < 1.29 is 4.42 Å². The lowest BCUT2D eigenvalue weighted by molar-refractivity contribution is 0.516. The fraction of sp³-hybridized carbons (Fsp3) is 0.357. The van der Waals surface area contributed by atoms with Crippen molar-refractivity contribution >= 4 is 27.4 Å². The molecule has 0 radical (unpaired) electrons. The van der Waals surface area contributed by atoms with E-state index in [1.165, 1.54) is 0 Å². The Balaban J connectivity index is 1.97. The van der Waals surface area contributed by atoms with Gasteiger partial charge in [0.2, 0.25) is 0 Å². The lowest BCUT2D eigenvalue weighted by Crippen LogP contribution is -2.22. The molecule has 0 spiro atoms. The number of furan rings is 1. The molecule has 0 aliphatic heterocycles. The Morgan fingerprint density at radius 1 is 1.26 bits per heavy atom. The molecule has 0 atom stereocenters. The Morgan fingerprint density at radius 3 is 2.58 bits per heavy atom. The quantitative estimate of drug-likeness (QED) is 0.875. The molecule has 0 bridgehead atoms. The lowest BCUT2D eigenvalue weighted by atomic mass is 10.3. The maximum absolute atomic E-state index is 5.34. The van der Waals surface area contributed by atoms with E-state index in [1.54, 1.807) is 6.26 Å².